The summed E-state index contributed by atoms with van der Waals surface area (Å²) in [6.45, 7) is 17.8. The molecule has 42 heavy (non-hydrogen) atoms. The highest BCUT2D eigenvalue weighted by molar-refractivity contribution is 6.16. The summed E-state index contributed by atoms with van der Waals surface area (Å²) in [5.41, 5.74) is 7.21. The second kappa shape index (κ2) is 9.84. The second-order valence-electron chi connectivity index (χ2n) is 14.7. The molecule has 0 radical (unpaired) electrons. The van der Waals surface area contributed by atoms with Gasteiger partial charge in [0.25, 0.3) is 0 Å². The van der Waals surface area contributed by atoms with Gasteiger partial charge in [0.05, 0.1) is 22.4 Å². The molecule has 2 heterocycles. The predicted molar refractivity (Wildman–Crippen MR) is 175 cm³/mol. The topological polar surface area (TPSA) is 36.9 Å². The number of aromatic nitrogens is 1. The van der Waals surface area contributed by atoms with E-state index in [0.29, 0.717) is 12.3 Å². The molecular formula is C39H43N2O+. The number of benzene rings is 4. The van der Waals surface area contributed by atoms with Crippen molar-refractivity contribution in [3.63, 3.8) is 0 Å². The first-order valence-electron chi connectivity index (χ1n) is 15.3. The molecule has 0 atom stereocenters. The van der Waals surface area contributed by atoms with Crippen LogP contribution in [0, 0.1) is 35.0 Å². The van der Waals surface area contributed by atoms with Gasteiger partial charge in [0.15, 0.2) is 6.20 Å². The highest BCUT2D eigenvalue weighted by atomic mass is 16.5. The highest BCUT2D eigenvalue weighted by Gasteiger charge is 2.35. The van der Waals surface area contributed by atoms with Gasteiger partial charge in [-0.15, -0.1) is 0 Å². The molecule has 0 unspecified atom stereocenters. The number of hydrogen-bond acceptors (Lipinski definition) is 2. The summed E-state index contributed by atoms with van der Waals surface area (Å²) in [6.07, 6.45) is 4.87. The van der Waals surface area contributed by atoms with Gasteiger partial charge in [-0.3, -0.25) is 0 Å². The van der Waals surface area contributed by atoms with Crippen molar-refractivity contribution in [3.05, 3.63) is 77.0 Å². The zero-order valence-corrected chi connectivity index (χ0v) is 26.7. The van der Waals surface area contributed by atoms with Gasteiger partial charge in [0.2, 0.25) is 5.69 Å². The Morgan fingerprint density at radius 1 is 0.881 bits per heavy atom. The first-order chi connectivity index (χ1) is 19.8. The summed E-state index contributed by atoms with van der Waals surface area (Å²) in [4.78, 5) is 0. The van der Waals surface area contributed by atoms with Gasteiger partial charge in [-0.05, 0) is 95.7 Å². The van der Waals surface area contributed by atoms with Crippen LogP contribution in [0.5, 0.6) is 11.5 Å². The summed E-state index contributed by atoms with van der Waals surface area (Å²) in [5, 5.41) is 17.2. The molecule has 5 aromatic rings. The monoisotopic (exact) mass is 555 g/mol. The fourth-order valence-corrected chi connectivity index (χ4v) is 6.95. The molecule has 0 amide bonds. The van der Waals surface area contributed by atoms with E-state index in [4.69, 9.17) is 4.74 Å². The van der Waals surface area contributed by atoms with E-state index in [1.54, 1.807) is 0 Å². The van der Waals surface area contributed by atoms with Crippen LogP contribution in [0.15, 0.2) is 54.7 Å². The van der Waals surface area contributed by atoms with Crippen LogP contribution in [0.3, 0.4) is 0 Å². The van der Waals surface area contributed by atoms with E-state index < -0.39 is 5.41 Å². The van der Waals surface area contributed by atoms with E-state index in [-0.39, 0.29) is 5.41 Å². The molecule has 0 saturated heterocycles. The molecule has 1 aliphatic heterocycles. The molecule has 0 fully saturated rings. The van der Waals surface area contributed by atoms with Gasteiger partial charge >= 0.3 is 0 Å². The van der Waals surface area contributed by atoms with E-state index >= 15 is 0 Å². The Kier molecular flexibility index (Phi) is 6.61. The minimum Gasteiger partial charge on any atom is -0.455 e. The van der Waals surface area contributed by atoms with Gasteiger partial charge in [-0.25, -0.2) is 4.57 Å². The van der Waals surface area contributed by atoms with E-state index in [1.165, 1.54) is 65.8 Å². The van der Waals surface area contributed by atoms with E-state index in [0.717, 1.165) is 24.3 Å². The van der Waals surface area contributed by atoms with Crippen LogP contribution in [-0.4, -0.2) is 0 Å². The molecule has 3 nitrogen and oxygen atoms in total. The number of rotatable bonds is 5. The third kappa shape index (κ3) is 4.72. The Balaban J connectivity index is 1.72. The van der Waals surface area contributed by atoms with Crippen LogP contribution in [0.25, 0.3) is 43.6 Å². The summed E-state index contributed by atoms with van der Waals surface area (Å²) >= 11 is 0. The summed E-state index contributed by atoms with van der Waals surface area (Å²) in [7, 11) is 2.16. The quantitative estimate of drug-likeness (QED) is 0.157. The fourth-order valence-electron chi connectivity index (χ4n) is 6.95. The third-order valence-corrected chi connectivity index (χ3v) is 8.76. The zero-order chi connectivity index (χ0) is 30.1. The minimum atomic E-state index is -0.452. The molecule has 4 aromatic carbocycles. The Labute approximate surface area is 250 Å². The summed E-state index contributed by atoms with van der Waals surface area (Å²) < 4.78 is 9.38. The zero-order valence-electron chi connectivity index (χ0n) is 26.7. The normalized spacial score (nSPS) is 13.1. The van der Waals surface area contributed by atoms with Gasteiger partial charge in [-0.1, -0.05) is 71.0 Å². The molecule has 214 valence electrons. The summed E-state index contributed by atoms with van der Waals surface area (Å²) in [6, 6.07) is 20.5. The SMILES string of the molecule is Cc1c2c(c(CC(C)(C)C)c3ccc(CC(C)C)cc13)Oc1cc3c(CC(C)(C)C#N)cccc3c3cc[n+](C)c-2c13. The lowest BCUT2D eigenvalue weighted by molar-refractivity contribution is -0.659. The number of pyridine rings is 1. The van der Waals surface area contributed by atoms with Crippen molar-refractivity contribution in [2.75, 3.05) is 0 Å². The Morgan fingerprint density at radius 2 is 1.64 bits per heavy atom. The lowest BCUT2D eigenvalue weighted by atomic mass is 9.80. The molecular weight excluding hydrogens is 512 g/mol. The molecule has 3 heteroatoms. The van der Waals surface area contributed by atoms with Crippen LogP contribution in [0.2, 0.25) is 0 Å². The predicted octanol–water partition coefficient (Wildman–Crippen LogP) is 9.93. The number of fused-ring (bicyclic) bond motifs is 5. The standard InChI is InChI=1S/C39H43N2O/c1-23(2)17-25-13-14-28-30(18-25)24(3)34-36-35-29(15-16-41(36)9)27-12-10-11-26(20-39(7,8)22-40)31(27)19-33(35)42-37(34)32(28)21-38(4,5)6/h10-16,18-19,23H,17,20-21H2,1-9H3/q+1. The van der Waals surface area contributed by atoms with Crippen LogP contribution in [0.1, 0.15) is 70.7 Å². The maximum Gasteiger partial charge on any atom is 0.228 e. The van der Waals surface area contributed by atoms with Crippen molar-refractivity contribution in [2.45, 2.75) is 74.7 Å². The van der Waals surface area contributed by atoms with Gasteiger partial charge in [0.1, 0.15) is 18.5 Å². The number of aryl methyl sites for hydroxylation is 2. The Bertz CT molecular complexity index is 1950. The lowest BCUT2D eigenvalue weighted by Crippen LogP contribution is -2.32. The number of nitriles is 1. The van der Waals surface area contributed by atoms with Gasteiger partial charge in [0, 0.05) is 17.0 Å². The minimum absolute atomic E-state index is 0.0871. The number of hydrogen-bond donors (Lipinski definition) is 0. The maximum atomic E-state index is 9.80. The molecule has 1 aliphatic rings. The molecule has 1 aromatic heterocycles. The second-order valence-corrected chi connectivity index (χ2v) is 14.7. The molecule has 0 spiro atoms. The highest BCUT2D eigenvalue weighted by Crippen LogP contribution is 2.53. The largest absolute Gasteiger partial charge is 0.455 e. The van der Waals surface area contributed by atoms with Crippen molar-refractivity contribution in [3.8, 4) is 28.8 Å². The smallest absolute Gasteiger partial charge is 0.228 e. The lowest BCUT2D eigenvalue weighted by Gasteiger charge is -2.29. The average molecular weight is 556 g/mol. The van der Waals surface area contributed by atoms with E-state index in [2.05, 4.69) is 114 Å². The molecule has 0 N–H and O–H groups in total. The number of nitrogens with zero attached hydrogens (tertiary/aromatic N) is 2. The van der Waals surface area contributed by atoms with Crippen molar-refractivity contribution < 1.29 is 9.30 Å². The first-order valence-corrected chi connectivity index (χ1v) is 15.3. The van der Waals surface area contributed by atoms with Gasteiger partial charge < -0.3 is 4.74 Å². The maximum absolute atomic E-state index is 9.80. The summed E-state index contributed by atoms with van der Waals surface area (Å²) in [5.74, 6) is 2.51. The van der Waals surface area contributed by atoms with Crippen molar-refractivity contribution in [1.82, 2.24) is 0 Å². The van der Waals surface area contributed by atoms with E-state index in [9.17, 15) is 5.26 Å². The van der Waals surface area contributed by atoms with Crippen LogP contribution in [0.4, 0.5) is 0 Å². The average Bonchev–Trinajstić information content (AvgIpc) is 2.91. The molecule has 0 bridgehead atoms. The van der Waals surface area contributed by atoms with E-state index in [1.807, 2.05) is 13.8 Å². The Hall–Kier alpha value is -3.90. The van der Waals surface area contributed by atoms with Crippen molar-refractivity contribution in [1.29, 1.82) is 5.26 Å². The van der Waals surface area contributed by atoms with Crippen molar-refractivity contribution >= 4 is 32.3 Å². The van der Waals surface area contributed by atoms with Crippen LogP contribution in [-0.2, 0) is 26.3 Å². The third-order valence-electron chi connectivity index (χ3n) is 8.76. The van der Waals surface area contributed by atoms with Crippen LogP contribution < -0.4 is 9.30 Å². The molecule has 0 aliphatic carbocycles. The molecule has 6 rings (SSSR count). The van der Waals surface area contributed by atoms with Gasteiger partial charge in [-0.2, -0.15) is 5.26 Å². The number of ether oxygens (including phenoxy) is 1. The van der Waals surface area contributed by atoms with Crippen LogP contribution >= 0.6 is 0 Å². The fraction of sp³-hybridized carbons (Fsp3) is 0.385. The Morgan fingerprint density at radius 3 is 2.33 bits per heavy atom. The van der Waals surface area contributed by atoms with Crippen molar-refractivity contribution in [2.24, 2.45) is 23.8 Å². The first kappa shape index (κ1) is 28.2. The molecule has 0 saturated carbocycles.